The number of anilines is 1. The molecule has 3 nitrogen and oxygen atoms in total. The lowest BCUT2D eigenvalue weighted by Crippen LogP contribution is -2.21. The topological polar surface area (TPSA) is 32.3 Å². The molecule has 0 heterocycles. The normalized spacial score (nSPS) is 10.5. The summed E-state index contributed by atoms with van der Waals surface area (Å²) in [5.41, 5.74) is 2.18. The quantitative estimate of drug-likeness (QED) is 0.790. The zero-order valence-electron chi connectivity index (χ0n) is 10.7. The van der Waals surface area contributed by atoms with E-state index < -0.39 is 0 Å². The van der Waals surface area contributed by atoms with Crippen LogP contribution in [-0.2, 0) is 4.79 Å². The maximum absolute atomic E-state index is 11.3. The molecule has 0 unspecified atom stereocenters. The maximum atomic E-state index is 11.3. The summed E-state index contributed by atoms with van der Waals surface area (Å²) < 4.78 is 0. The maximum Gasteiger partial charge on any atom is 0.243 e. The Morgan fingerprint density at radius 2 is 1.94 bits per heavy atom. The molecule has 0 saturated heterocycles. The van der Waals surface area contributed by atoms with Crippen LogP contribution in [0.5, 0.6) is 0 Å². The number of carbonyl (C=O) groups is 1. The van der Waals surface area contributed by atoms with Crippen LogP contribution in [0, 0.1) is 0 Å². The van der Waals surface area contributed by atoms with Gasteiger partial charge in [0.2, 0.25) is 5.91 Å². The molecular formula is C14H20N2O. The van der Waals surface area contributed by atoms with Gasteiger partial charge >= 0.3 is 0 Å². The molecule has 0 aliphatic rings. The van der Waals surface area contributed by atoms with Gasteiger partial charge < -0.3 is 10.2 Å². The van der Waals surface area contributed by atoms with Gasteiger partial charge in [-0.25, -0.2) is 0 Å². The second-order valence-corrected chi connectivity index (χ2v) is 4.11. The molecule has 1 aromatic carbocycles. The van der Waals surface area contributed by atoms with Crippen molar-refractivity contribution in [2.45, 2.75) is 13.3 Å². The first kappa shape index (κ1) is 13.3. The minimum atomic E-state index is -0.0384. The van der Waals surface area contributed by atoms with Crippen molar-refractivity contribution in [1.29, 1.82) is 0 Å². The van der Waals surface area contributed by atoms with E-state index in [4.69, 9.17) is 0 Å². The van der Waals surface area contributed by atoms with Crippen molar-refractivity contribution in [1.82, 2.24) is 5.32 Å². The molecule has 0 aromatic heterocycles. The van der Waals surface area contributed by atoms with Gasteiger partial charge in [-0.1, -0.05) is 19.1 Å². The lowest BCUT2D eigenvalue weighted by Gasteiger charge is -2.11. The SMILES string of the molecule is CCCNC(=O)/C=C/c1ccc(N(C)C)cc1. The van der Waals surface area contributed by atoms with E-state index >= 15 is 0 Å². The van der Waals surface area contributed by atoms with Crippen LogP contribution in [0.4, 0.5) is 5.69 Å². The fraction of sp³-hybridized carbons (Fsp3) is 0.357. The van der Waals surface area contributed by atoms with Crippen molar-refractivity contribution in [2.24, 2.45) is 0 Å². The molecule has 1 amide bonds. The van der Waals surface area contributed by atoms with Gasteiger partial charge in [-0.2, -0.15) is 0 Å². The molecule has 92 valence electrons. The van der Waals surface area contributed by atoms with Gasteiger partial charge in [-0.15, -0.1) is 0 Å². The predicted molar refractivity (Wildman–Crippen MR) is 73.1 cm³/mol. The summed E-state index contributed by atoms with van der Waals surface area (Å²) in [4.78, 5) is 13.4. The zero-order valence-corrected chi connectivity index (χ0v) is 10.7. The van der Waals surface area contributed by atoms with E-state index in [1.165, 1.54) is 0 Å². The van der Waals surface area contributed by atoms with E-state index in [1.807, 2.05) is 56.3 Å². The molecule has 0 radical (unpaired) electrons. The third-order valence-corrected chi connectivity index (χ3v) is 2.39. The molecular weight excluding hydrogens is 212 g/mol. The number of nitrogens with zero attached hydrogens (tertiary/aromatic N) is 1. The van der Waals surface area contributed by atoms with Crippen molar-refractivity contribution < 1.29 is 4.79 Å². The standard InChI is InChI=1S/C14H20N2O/c1-4-11-15-14(17)10-7-12-5-8-13(9-6-12)16(2)3/h5-10H,4,11H2,1-3H3,(H,15,17)/b10-7+. The largest absolute Gasteiger partial charge is 0.378 e. The Labute approximate surface area is 103 Å². The lowest BCUT2D eigenvalue weighted by molar-refractivity contribution is -0.116. The minimum absolute atomic E-state index is 0.0384. The Bertz CT molecular complexity index is 380. The summed E-state index contributed by atoms with van der Waals surface area (Å²) >= 11 is 0. The summed E-state index contributed by atoms with van der Waals surface area (Å²) in [6.45, 7) is 2.76. The van der Waals surface area contributed by atoms with Crippen LogP contribution in [-0.4, -0.2) is 26.5 Å². The van der Waals surface area contributed by atoms with E-state index in [9.17, 15) is 4.79 Å². The summed E-state index contributed by atoms with van der Waals surface area (Å²) in [5.74, 6) is -0.0384. The molecule has 0 saturated carbocycles. The number of rotatable bonds is 5. The fourth-order valence-electron chi connectivity index (χ4n) is 1.36. The first-order chi connectivity index (χ1) is 8.13. The second kappa shape index (κ2) is 6.74. The summed E-state index contributed by atoms with van der Waals surface area (Å²) in [6.07, 6.45) is 4.35. The van der Waals surface area contributed by atoms with Gasteiger partial charge in [-0.3, -0.25) is 4.79 Å². The van der Waals surface area contributed by atoms with E-state index in [2.05, 4.69) is 5.32 Å². The molecule has 17 heavy (non-hydrogen) atoms. The predicted octanol–water partition coefficient (Wildman–Crippen LogP) is 2.29. The first-order valence-corrected chi connectivity index (χ1v) is 5.86. The Balaban J connectivity index is 2.56. The Morgan fingerprint density at radius 1 is 1.29 bits per heavy atom. The molecule has 0 aliphatic heterocycles. The van der Waals surface area contributed by atoms with Crippen molar-refractivity contribution in [3.8, 4) is 0 Å². The van der Waals surface area contributed by atoms with Crippen molar-refractivity contribution >= 4 is 17.7 Å². The monoisotopic (exact) mass is 232 g/mol. The van der Waals surface area contributed by atoms with E-state index in [1.54, 1.807) is 6.08 Å². The third-order valence-electron chi connectivity index (χ3n) is 2.39. The van der Waals surface area contributed by atoms with E-state index in [0.717, 1.165) is 24.2 Å². The number of carbonyl (C=O) groups excluding carboxylic acids is 1. The van der Waals surface area contributed by atoms with Crippen molar-refractivity contribution in [3.63, 3.8) is 0 Å². The van der Waals surface area contributed by atoms with Gasteiger partial charge in [0.1, 0.15) is 0 Å². The molecule has 3 heteroatoms. The van der Waals surface area contributed by atoms with Gasteiger partial charge in [0.25, 0.3) is 0 Å². The molecule has 0 fully saturated rings. The summed E-state index contributed by atoms with van der Waals surface area (Å²) in [6, 6.07) is 8.06. The van der Waals surface area contributed by atoms with Crippen LogP contribution in [0.25, 0.3) is 6.08 Å². The Kier molecular flexibility index (Phi) is 5.27. The first-order valence-electron chi connectivity index (χ1n) is 5.86. The number of amides is 1. The van der Waals surface area contributed by atoms with Crippen LogP contribution < -0.4 is 10.2 Å². The Morgan fingerprint density at radius 3 is 2.47 bits per heavy atom. The smallest absolute Gasteiger partial charge is 0.243 e. The molecule has 0 spiro atoms. The van der Waals surface area contributed by atoms with Crippen LogP contribution in [0.1, 0.15) is 18.9 Å². The molecule has 1 aromatic rings. The highest BCUT2D eigenvalue weighted by Crippen LogP contribution is 2.12. The van der Waals surface area contributed by atoms with Crippen LogP contribution >= 0.6 is 0 Å². The van der Waals surface area contributed by atoms with E-state index in [0.29, 0.717) is 0 Å². The molecule has 1 N–H and O–H groups in total. The second-order valence-electron chi connectivity index (χ2n) is 4.11. The molecule has 0 bridgehead atoms. The number of hydrogen-bond acceptors (Lipinski definition) is 2. The highest BCUT2D eigenvalue weighted by atomic mass is 16.1. The number of benzene rings is 1. The number of hydrogen-bond donors (Lipinski definition) is 1. The van der Waals surface area contributed by atoms with Gasteiger partial charge in [-0.05, 0) is 30.2 Å². The fourth-order valence-corrected chi connectivity index (χ4v) is 1.36. The van der Waals surface area contributed by atoms with Gasteiger partial charge in [0, 0.05) is 32.4 Å². The minimum Gasteiger partial charge on any atom is -0.378 e. The van der Waals surface area contributed by atoms with Crippen LogP contribution in [0.3, 0.4) is 0 Å². The average molecular weight is 232 g/mol. The summed E-state index contributed by atoms with van der Waals surface area (Å²) in [5, 5.41) is 2.80. The summed E-state index contributed by atoms with van der Waals surface area (Å²) in [7, 11) is 4.01. The molecule has 1 rings (SSSR count). The van der Waals surface area contributed by atoms with Gasteiger partial charge in [0.15, 0.2) is 0 Å². The highest BCUT2D eigenvalue weighted by Gasteiger charge is 1.95. The lowest BCUT2D eigenvalue weighted by atomic mass is 10.2. The van der Waals surface area contributed by atoms with Gasteiger partial charge in [0.05, 0.1) is 0 Å². The van der Waals surface area contributed by atoms with Crippen LogP contribution in [0.2, 0.25) is 0 Å². The van der Waals surface area contributed by atoms with Crippen molar-refractivity contribution in [2.75, 3.05) is 25.5 Å². The molecule has 0 atom stereocenters. The average Bonchev–Trinajstić information content (AvgIpc) is 2.34. The molecule has 0 aliphatic carbocycles. The van der Waals surface area contributed by atoms with E-state index in [-0.39, 0.29) is 5.91 Å². The van der Waals surface area contributed by atoms with Crippen LogP contribution in [0.15, 0.2) is 30.3 Å². The highest BCUT2D eigenvalue weighted by molar-refractivity contribution is 5.91. The third kappa shape index (κ3) is 4.72. The van der Waals surface area contributed by atoms with Crippen molar-refractivity contribution in [3.05, 3.63) is 35.9 Å². The Hall–Kier alpha value is -1.77. The zero-order chi connectivity index (χ0) is 12.7. The number of nitrogens with one attached hydrogen (secondary N) is 1.